The Morgan fingerprint density at radius 1 is 0.556 bits per heavy atom. The van der Waals surface area contributed by atoms with Gasteiger partial charge in [-0.25, -0.2) is 4.79 Å². The first-order valence-corrected chi connectivity index (χ1v) is 12.1. The number of aliphatic hydroxyl groups excluding tert-OH is 1. The van der Waals surface area contributed by atoms with E-state index >= 15 is 0 Å². The monoisotopic (exact) mass is 384 g/mol. The molecular formula is C24H48O3. The standard InChI is InChI=1S/C24H48O3/c1-2-3-4-5-6-7-8-9-10-11-12-13-14-15-16-17-18-19-20-21-22-23(25)24(26)27/h23,25H,2-22H2,1H3,(H,26,27)/t23-/m0/s1. The van der Waals surface area contributed by atoms with Crippen molar-refractivity contribution in [1.29, 1.82) is 0 Å². The predicted octanol–water partition coefficient (Wildman–Crippen LogP) is 7.64. The van der Waals surface area contributed by atoms with Gasteiger partial charge in [-0.3, -0.25) is 0 Å². The van der Waals surface area contributed by atoms with Gasteiger partial charge in [-0.05, 0) is 6.42 Å². The highest BCUT2D eigenvalue weighted by Crippen LogP contribution is 2.15. The average molecular weight is 385 g/mol. The van der Waals surface area contributed by atoms with Crippen molar-refractivity contribution in [2.45, 2.75) is 148 Å². The first kappa shape index (κ1) is 26.4. The Kier molecular flexibility index (Phi) is 21.3. The smallest absolute Gasteiger partial charge is 0.332 e. The van der Waals surface area contributed by atoms with Crippen molar-refractivity contribution in [2.24, 2.45) is 0 Å². The number of hydrogen-bond donors (Lipinski definition) is 2. The molecule has 2 N–H and O–H groups in total. The van der Waals surface area contributed by atoms with Crippen LogP contribution < -0.4 is 0 Å². The second-order valence-electron chi connectivity index (χ2n) is 8.36. The Bertz CT molecular complexity index is 304. The van der Waals surface area contributed by atoms with Gasteiger partial charge in [0.15, 0.2) is 6.10 Å². The van der Waals surface area contributed by atoms with E-state index in [-0.39, 0.29) is 0 Å². The summed E-state index contributed by atoms with van der Waals surface area (Å²) < 4.78 is 0. The van der Waals surface area contributed by atoms with E-state index in [0.29, 0.717) is 6.42 Å². The molecule has 0 aliphatic heterocycles. The molecule has 0 saturated carbocycles. The van der Waals surface area contributed by atoms with Crippen LogP contribution in [0, 0.1) is 0 Å². The molecule has 0 aromatic heterocycles. The molecular weight excluding hydrogens is 336 g/mol. The van der Waals surface area contributed by atoms with E-state index in [1.807, 2.05) is 0 Å². The molecule has 27 heavy (non-hydrogen) atoms. The van der Waals surface area contributed by atoms with Crippen molar-refractivity contribution in [1.82, 2.24) is 0 Å². The van der Waals surface area contributed by atoms with Crippen LogP contribution in [-0.4, -0.2) is 22.3 Å². The number of rotatable bonds is 22. The van der Waals surface area contributed by atoms with Gasteiger partial charge in [0.05, 0.1) is 0 Å². The molecule has 0 unspecified atom stereocenters. The van der Waals surface area contributed by atoms with Crippen LogP contribution in [0.1, 0.15) is 142 Å². The number of carboxylic acids is 1. The summed E-state index contributed by atoms with van der Waals surface area (Å²) in [6.07, 6.45) is 26.1. The van der Waals surface area contributed by atoms with Gasteiger partial charge in [-0.2, -0.15) is 0 Å². The number of carbonyl (C=O) groups is 1. The number of unbranched alkanes of at least 4 members (excludes halogenated alkanes) is 19. The van der Waals surface area contributed by atoms with Crippen LogP contribution in [0.25, 0.3) is 0 Å². The van der Waals surface area contributed by atoms with Crippen molar-refractivity contribution in [3.8, 4) is 0 Å². The van der Waals surface area contributed by atoms with E-state index in [0.717, 1.165) is 12.8 Å². The lowest BCUT2D eigenvalue weighted by Gasteiger charge is -2.05. The quantitative estimate of drug-likeness (QED) is 0.188. The lowest BCUT2D eigenvalue weighted by molar-refractivity contribution is -0.146. The average Bonchev–Trinajstić information content (AvgIpc) is 2.66. The highest BCUT2D eigenvalue weighted by molar-refractivity contribution is 5.71. The van der Waals surface area contributed by atoms with E-state index < -0.39 is 12.1 Å². The Balaban J connectivity index is 3.04. The third-order valence-electron chi connectivity index (χ3n) is 5.62. The van der Waals surface area contributed by atoms with Crippen LogP contribution in [0.3, 0.4) is 0 Å². The van der Waals surface area contributed by atoms with E-state index in [9.17, 15) is 9.90 Å². The summed E-state index contributed by atoms with van der Waals surface area (Å²) in [6, 6.07) is 0. The molecule has 0 bridgehead atoms. The molecule has 0 amide bonds. The van der Waals surface area contributed by atoms with Crippen LogP contribution in [-0.2, 0) is 4.79 Å². The van der Waals surface area contributed by atoms with Gasteiger partial charge >= 0.3 is 5.97 Å². The highest BCUT2D eigenvalue weighted by Gasteiger charge is 2.11. The minimum Gasteiger partial charge on any atom is -0.479 e. The third kappa shape index (κ3) is 21.6. The van der Waals surface area contributed by atoms with Gasteiger partial charge in [0.25, 0.3) is 0 Å². The van der Waals surface area contributed by atoms with E-state index in [2.05, 4.69) is 6.92 Å². The van der Waals surface area contributed by atoms with E-state index in [1.165, 1.54) is 116 Å². The van der Waals surface area contributed by atoms with Crippen molar-refractivity contribution in [3.05, 3.63) is 0 Å². The van der Waals surface area contributed by atoms with Crippen LogP contribution in [0.15, 0.2) is 0 Å². The summed E-state index contributed by atoms with van der Waals surface area (Å²) in [5.74, 6) is -1.09. The fourth-order valence-electron chi connectivity index (χ4n) is 3.72. The summed E-state index contributed by atoms with van der Waals surface area (Å²) in [6.45, 7) is 2.28. The summed E-state index contributed by atoms with van der Waals surface area (Å²) in [5.41, 5.74) is 0. The molecule has 162 valence electrons. The SMILES string of the molecule is CCCCCCCCCCCCCCCCCCCCCC[C@H](O)C(=O)O. The fourth-order valence-corrected chi connectivity index (χ4v) is 3.72. The van der Waals surface area contributed by atoms with Crippen LogP contribution in [0.5, 0.6) is 0 Å². The number of aliphatic carboxylic acids is 1. The molecule has 0 saturated heterocycles. The minimum atomic E-state index is -1.17. The van der Waals surface area contributed by atoms with Gasteiger partial charge in [-0.1, -0.05) is 135 Å². The van der Waals surface area contributed by atoms with E-state index in [1.54, 1.807) is 0 Å². The molecule has 0 spiro atoms. The molecule has 0 radical (unpaired) electrons. The molecule has 0 aromatic rings. The lowest BCUT2D eigenvalue weighted by Crippen LogP contribution is -2.18. The molecule has 1 atom stereocenters. The molecule has 0 heterocycles. The van der Waals surface area contributed by atoms with Crippen molar-refractivity contribution in [3.63, 3.8) is 0 Å². The Hall–Kier alpha value is -0.570. The van der Waals surface area contributed by atoms with Crippen LogP contribution in [0.4, 0.5) is 0 Å². The summed E-state index contributed by atoms with van der Waals surface area (Å²) >= 11 is 0. The maximum Gasteiger partial charge on any atom is 0.332 e. The van der Waals surface area contributed by atoms with Crippen molar-refractivity contribution >= 4 is 5.97 Å². The zero-order valence-corrected chi connectivity index (χ0v) is 18.2. The zero-order chi connectivity index (χ0) is 20.0. The summed E-state index contributed by atoms with van der Waals surface area (Å²) in [4.78, 5) is 10.5. The van der Waals surface area contributed by atoms with Gasteiger partial charge in [-0.15, -0.1) is 0 Å². The van der Waals surface area contributed by atoms with Gasteiger partial charge in [0.1, 0.15) is 0 Å². The molecule has 3 heteroatoms. The zero-order valence-electron chi connectivity index (χ0n) is 18.2. The first-order chi connectivity index (χ1) is 13.2. The highest BCUT2D eigenvalue weighted by atomic mass is 16.4. The third-order valence-corrected chi connectivity index (χ3v) is 5.62. The van der Waals surface area contributed by atoms with Crippen LogP contribution >= 0.6 is 0 Å². The lowest BCUT2D eigenvalue weighted by atomic mass is 10.0. The topological polar surface area (TPSA) is 57.5 Å². The minimum absolute atomic E-state index is 0.397. The summed E-state index contributed by atoms with van der Waals surface area (Å²) in [5, 5.41) is 17.8. The fraction of sp³-hybridized carbons (Fsp3) is 0.958. The molecule has 0 rings (SSSR count). The predicted molar refractivity (Wildman–Crippen MR) is 116 cm³/mol. The van der Waals surface area contributed by atoms with E-state index in [4.69, 9.17) is 5.11 Å². The number of aliphatic hydroxyl groups is 1. The number of hydrogen-bond acceptors (Lipinski definition) is 2. The maximum atomic E-state index is 10.5. The molecule has 0 aliphatic carbocycles. The normalized spacial score (nSPS) is 12.4. The Labute approximate surface area is 169 Å². The molecule has 0 aromatic carbocycles. The maximum absolute atomic E-state index is 10.5. The second-order valence-corrected chi connectivity index (χ2v) is 8.36. The van der Waals surface area contributed by atoms with Gasteiger partial charge in [0.2, 0.25) is 0 Å². The largest absolute Gasteiger partial charge is 0.479 e. The van der Waals surface area contributed by atoms with Gasteiger partial charge in [0, 0.05) is 0 Å². The molecule has 3 nitrogen and oxygen atoms in total. The molecule has 0 fully saturated rings. The van der Waals surface area contributed by atoms with Gasteiger partial charge < -0.3 is 10.2 Å². The van der Waals surface area contributed by atoms with Crippen molar-refractivity contribution < 1.29 is 15.0 Å². The summed E-state index contributed by atoms with van der Waals surface area (Å²) in [7, 11) is 0. The second kappa shape index (κ2) is 21.7. The molecule has 0 aliphatic rings. The Morgan fingerprint density at radius 2 is 0.815 bits per heavy atom. The van der Waals surface area contributed by atoms with Crippen LogP contribution in [0.2, 0.25) is 0 Å². The first-order valence-electron chi connectivity index (χ1n) is 12.1. The van der Waals surface area contributed by atoms with Crippen molar-refractivity contribution in [2.75, 3.05) is 0 Å². The Morgan fingerprint density at radius 3 is 1.07 bits per heavy atom. The number of carboxylic acid groups (broad SMARTS) is 1.